The Bertz CT molecular complexity index is 596. The molecule has 2 aromatic rings. The lowest BCUT2D eigenvalue weighted by Gasteiger charge is -2.37. The van der Waals surface area contributed by atoms with Gasteiger partial charge >= 0.3 is 0 Å². The van der Waals surface area contributed by atoms with Crippen molar-refractivity contribution in [3.63, 3.8) is 0 Å². The van der Waals surface area contributed by atoms with Crippen LogP contribution in [-0.2, 0) is 0 Å². The fourth-order valence-corrected chi connectivity index (χ4v) is 2.84. The molecule has 22 heavy (non-hydrogen) atoms. The van der Waals surface area contributed by atoms with Gasteiger partial charge in [-0.15, -0.1) is 10.2 Å². The van der Waals surface area contributed by atoms with Gasteiger partial charge in [0.25, 0.3) is 0 Å². The van der Waals surface area contributed by atoms with Crippen LogP contribution in [0, 0.1) is 6.92 Å². The zero-order valence-electron chi connectivity index (χ0n) is 13.7. The third kappa shape index (κ3) is 3.28. The first kappa shape index (κ1) is 15.0. The molecular weight excluding hydrogens is 272 g/mol. The van der Waals surface area contributed by atoms with E-state index < -0.39 is 0 Å². The largest absolute Gasteiger partial charge is 0.353 e. The second kappa shape index (κ2) is 6.44. The summed E-state index contributed by atoms with van der Waals surface area (Å²) in [6, 6.07) is 13.2. The molecule has 0 bridgehead atoms. The summed E-state index contributed by atoms with van der Waals surface area (Å²) >= 11 is 0. The maximum atomic E-state index is 4.43. The normalized spacial score (nSPS) is 16.3. The van der Waals surface area contributed by atoms with Gasteiger partial charge in [0.15, 0.2) is 5.82 Å². The van der Waals surface area contributed by atoms with Crippen molar-refractivity contribution in [3.8, 4) is 11.3 Å². The molecule has 0 amide bonds. The van der Waals surface area contributed by atoms with Gasteiger partial charge in [0, 0.05) is 37.8 Å². The van der Waals surface area contributed by atoms with Crippen LogP contribution in [-0.4, -0.2) is 47.3 Å². The molecule has 1 aromatic heterocycles. The van der Waals surface area contributed by atoms with Crippen molar-refractivity contribution in [1.29, 1.82) is 0 Å². The van der Waals surface area contributed by atoms with Crippen LogP contribution in [0.3, 0.4) is 0 Å². The Kier molecular flexibility index (Phi) is 4.39. The maximum Gasteiger partial charge on any atom is 0.151 e. The van der Waals surface area contributed by atoms with Gasteiger partial charge in [-0.3, -0.25) is 4.90 Å². The minimum absolute atomic E-state index is 0.622. The van der Waals surface area contributed by atoms with E-state index in [1.165, 1.54) is 5.56 Å². The topological polar surface area (TPSA) is 32.3 Å². The summed E-state index contributed by atoms with van der Waals surface area (Å²) in [4.78, 5) is 4.83. The number of aromatic nitrogens is 2. The lowest BCUT2D eigenvalue weighted by Crippen LogP contribution is -2.49. The van der Waals surface area contributed by atoms with Crippen LogP contribution in [0.1, 0.15) is 19.4 Å². The zero-order valence-corrected chi connectivity index (χ0v) is 13.7. The standard InChI is InChI=1S/C18H24N4/c1-14(2)21-10-12-22(13-11-21)18-9-8-17(19-20-18)16-6-4-15(3)5-7-16/h4-9,14H,10-13H2,1-3H3. The number of anilines is 1. The molecule has 1 aromatic carbocycles. The molecule has 4 heteroatoms. The van der Waals surface area contributed by atoms with Crippen LogP contribution in [0.25, 0.3) is 11.3 Å². The van der Waals surface area contributed by atoms with E-state index in [9.17, 15) is 0 Å². The molecule has 4 nitrogen and oxygen atoms in total. The summed E-state index contributed by atoms with van der Waals surface area (Å²) in [5.74, 6) is 0.985. The first-order chi connectivity index (χ1) is 10.6. The Balaban J connectivity index is 1.68. The summed E-state index contributed by atoms with van der Waals surface area (Å²) in [6.45, 7) is 10.8. The Hall–Kier alpha value is -1.94. The highest BCUT2D eigenvalue weighted by molar-refractivity contribution is 5.60. The summed E-state index contributed by atoms with van der Waals surface area (Å²) in [7, 11) is 0. The van der Waals surface area contributed by atoms with Crippen LogP contribution in [0.15, 0.2) is 36.4 Å². The van der Waals surface area contributed by atoms with Gasteiger partial charge in [0.2, 0.25) is 0 Å². The molecule has 0 saturated carbocycles. The van der Waals surface area contributed by atoms with Crippen molar-refractivity contribution in [2.75, 3.05) is 31.1 Å². The molecule has 3 rings (SSSR count). The molecule has 1 aliphatic rings. The molecule has 0 N–H and O–H groups in total. The van der Waals surface area contributed by atoms with E-state index in [-0.39, 0.29) is 0 Å². The lowest BCUT2D eigenvalue weighted by molar-refractivity contribution is 0.209. The smallest absolute Gasteiger partial charge is 0.151 e. The van der Waals surface area contributed by atoms with Crippen molar-refractivity contribution >= 4 is 5.82 Å². The zero-order chi connectivity index (χ0) is 15.5. The average molecular weight is 296 g/mol. The molecular formula is C18H24N4. The van der Waals surface area contributed by atoms with Gasteiger partial charge in [0.05, 0.1) is 5.69 Å². The number of aryl methyl sites for hydroxylation is 1. The fraction of sp³-hybridized carbons (Fsp3) is 0.444. The van der Waals surface area contributed by atoms with Gasteiger partial charge in [-0.2, -0.15) is 0 Å². The summed E-state index contributed by atoms with van der Waals surface area (Å²) in [5.41, 5.74) is 3.31. The number of nitrogens with zero attached hydrogens (tertiary/aromatic N) is 4. The Morgan fingerprint density at radius 3 is 2.09 bits per heavy atom. The lowest BCUT2D eigenvalue weighted by atomic mass is 10.1. The average Bonchev–Trinajstić information content (AvgIpc) is 2.56. The molecule has 0 aliphatic carbocycles. The molecule has 116 valence electrons. The number of hydrogen-bond acceptors (Lipinski definition) is 4. The minimum Gasteiger partial charge on any atom is -0.353 e. The first-order valence-corrected chi connectivity index (χ1v) is 8.03. The van der Waals surface area contributed by atoms with Gasteiger partial charge in [0.1, 0.15) is 0 Å². The van der Waals surface area contributed by atoms with E-state index in [2.05, 4.69) is 77.2 Å². The fourth-order valence-electron chi connectivity index (χ4n) is 2.84. The maximum absolute atomic E-state index is 4.43. The van der Waals surface area contributed by atoms with Gasteiger partial charge < -0.3 is 4.90 Å². The van der Waals surface area contributed by atoms with Crippen LogP contribution in [0.2, 0.25) is 0 Å². The number of benzene rings is 1. The van der Waals surface area contributed by atoms with E-state index >= 15 is 0 Å². The quantitative estimate of drug-likeness (QED) is 0.871. The molecule has 2 heterocycles. The molecule has 1 aliphatic heterocycles. The third-order valence-corrected chi connectivity index (χ3v) is 4.37. The SMILES string of the molecule is Cc1ccc(-c2ccc(N3CCN(C(C)C)CC3)nn2)cc1. The summed E-state index contributed by atoms with van der Waals surface area (Å²) in [6.07, 6.45) is 0. The van der Waals surface area contributed by atoms with Gasteiger partial charge in [-0.05, 0) is 32.9 Å². The summed E-state index contributed by atoms with van der Waals surface area (Å²) < 4.78 is 0. The van der Waals surface area contributed by atoms with E-state index in [1.54, 1.807) is 0 Å². The molecule has 1 fully saturated rings. The van der Waals surface area contributed by atoms with Crippen molar-refractivity contribution in [1.82, 2.24) is 15.1 Å². The predicted molar refractivity (Wildman–Crippen MR) is 91.1 cm³/mol. The van der Waals surface area contributed by atoms with E-state index in [4.69, 9.17) is 0 Å². The second-order valence-corrected chi connectivity index (χ2v) is 6.26. The molecule has 0 unspecified atom stereocenters. The van der Waals surface area contributed by atoms with Gasteiger partial charge in [-0.25, -0.2) is 0 Å². The van der Waals surface area contributed by atoms with E-state index in [1.807, 2.05) is 0 Å². The van der Waals surface area contributed by atoms with E-state index in [0.29, 0.717) is 6.04 Å². The highest BCUT2D eigenvalue weighted by atomic mass is 15.3. The highest BCUT2D eigenvalue weighted by Crippen LogP contribution is 2.20. The van der Waals surface area contributed by atoms with Crippen LogP contribution >= 0.6 is 0 Å². The van der Waals surface area contributed by atoms with Crippen molar-refractivity contribution in [3.05, 3.63) is 42.0 Å². The molecule has 0 spiro atoms. The minimum atomic E-state index is 0.622. The van der Waals surface area contributed by atoms with Crippen LogP contribution in [0.4, 0.5) is 5.82 Å². The van der Waals surface area contributed by atoms with Crippen molar-refractivity contribution < 1.29 is 0 Å². The monoisotopic (exact) mass is 296 g/mol. The van der Waals surface area contributed by atoms with Crippen LogP contribution in [0.5, 0.6) is 0 Å². The Labute approximate surface area is 132 Å². The first-order valence-electron chi connectivity index (χ1n) is 8.03. The molecule has 0 atom stereocenters. The predicted octanol–water partition coefficient (Wildman–Crippen LogP) is 2.98. The summed E-state index contributed by atoms with van der Waals surface area (Å²) in [5, 5.41) is 8.83. The number of rotatable bonds is 3. The molecule has 0 radical (unpaired) electrons. The molecule has 1 saturated heterocycles. The van der Waals surface area contributed by atoms with E-state index in [0.717, 1.165) is 43.3 Å². The second-order valence-electron chi connectivity index (χ2n) is 6.26. The Morgan fingerprint density at radius 2 is 1.55 bits per heavy atom. The number of hydrogen-bond donors (Lipinski definition) is 0. The van der Waals surface area contributed by atoms with Crippen molar-refractivity contribution in [2.45, 2.75) is 26.8 Å². The van der Waals surface area contributed by atoms with Crippen LogP contribution < -0.4 is 4.90 Å². The highest BCUT2D eigenvalue weighted by Gasteiger charge is 2.19. The number of piperazine rings is 1. The third-order valence-electron chi connectivity index (χ3n) is 4.37. The van der Waals surface area contributed by atoms with Gasteiger partial charge in [-0.1, -0.05) is 29.8 Å². The van der Waals surface area contributed by atoms with Crippen molar-refractivity contribution in [2.24, 2.45) is 0 Å². The Morgan fingerprint density at radius 1 is 0.864 bits per heavy atom.